The van der Waals surface area contributed by atoms with Crippen molar-refractivity contribution in [1.29, 1.82) is 0 Å². The van der Waals surface area contributed by atoms with Crippen molar-refractivity contribution in [2.24, 2.45) is 0 Å². The molecular weight excluding hydrogens is 384 g/mol. The molecular formula is C14H11BrCl3NO. The lowest BCUT2D eigenvalue weighted by Gasteiger charge is -2.12. The highest BCUT2D eigenvalue weighted by Crippen LogP contribution is 2.33. The molecule has 0 radical (unpaired) electrons. The average Bonchev–Trinajstić information content (AvgIpc) is 2.43. The Balaban J connectivity index is 2.17. The molecule has 0 saturated heterocycles. The normalized spacial score (nSPS) is 10.4. The van der Waals surface area contributed by atoms with Crippen molar-refractivity contribution in [3.63, 3.8) is 0 Å². The Morgan fingerprint density at radius 3 is 2.45 bits per heavy atom. The van der Waals surface area contributed by atoms with Gasteiger partial charge in [-0.3, -0.25) is 0 Å². The summed E-state index contributed by atoms with van der Waals surface area (Å²) >= 11 is 21.7. The molecule has 0 atom stereocenters. The molecule has 2 aromatic rings. The SMILES string of the molecule is COc1ccc(NCc2c(Cl)ccc(Cl)c2Cl)cc1Br. The molecule has 0 aromatic heterocycles. The molecule has 0 aliphatic rings. The lowest BCUT2D eigenvalue weighted by atomic mass is 10.2. The molecule has 0 unspecified atom stereocenters. The summed E-state index contributed by atoms with van der Waals surface area (Å²) in [6.45, 7) is 0.483. The molecule has 0 spiro atoms. The van der Waals surface area contributed by atoms with Crippen molar-refractivity contribution in [3.05, 3.63) is 55.4 Å². The van der Waals surface area contributed by atoms with Gasteiger partial charge in [0.2, 0.25) is 0 Å². The van der Waals surface area contributed by atoms with Crippen LogP contribution in [0.5, 0.6) is 5.75 Å². The number of ether oxygens (including phenoxy) is 1. The third-order valence-corrected chi connectivity index (χ3v) is 4.58. The first kappa shape index (κ1) is 15.8. The van der Waals surface area contributed by atoms with Gasteiger partial charge in [0.1, 0.15) is 5.75 Å². The van der Waals surface area contributed by atoms with Crippen molar-refractivity contribution in [3.8, 4) is 5.75 Å². The van der Waals surface area contributed by atoms with Crippen LogP contribution in [0.2, 0.25) is 15.1 Å². The Bertz CT molecular complexity index is 634. The summed E-state index contributed by atoms with van der Waals surface area (Å²) in [6, 6.07) is 9.12. The highest BCUT2D eigenvalue weighted by molar-refractivity contribution is 9.10. The van der Waals surface area contributed by atoms with Gasteiger partial charge in [-0.2, -0.15) is 0 Å². The molecule has 0 aliphatic carbocycles. The van der Waals surface area contributed by atoms with E-state index in [0.717, 1.165) is 21.5 Å². The molecule has 20 heavy (non-hydrogen) atoms. The molecule has 0 saturated carbocycles. The molecule has 0 heterocycles. The van der Waals surface area contributed by atoms with Crippen LogP contribution in [-0.4, -0.2) is 7.11 Å². The van der Waals surface area contributed by atoms with Crippen LogP contribution in [0.25, 0.3) is 0 Å². The maximum absolute atomic E-state index is 6.16. The quantitative estimate of drug-likeness (QED) is 0.638. The largest absolute Gasteiger partial charge is 0.496 e. The van der Waals surface area contributed by atoms with E-state index in [9.17, 15) is 0 Å². The van der Waals surface area contributed by atoms with Crippen LogP contribution in [0.1, 0.15) is 5.56 Å². The molecule has 0 aliphatic heterocycles. The van der Waals surface area contributed by atoms with E-state index in [1.54, 1.807) is 19.2 Å². The number of hydrogen-bond donors (Lipinski definition) is 1. The second-order valence-electron chi connectivity index (χ2n) is 4.02. The smallest absolute Gasteiger partial charge is 0.133 e. The van der Waals surface area contributed by atoms with E-state index < -0.39 is 0 Å². The van der Waals surface area contributed by atoms with Crippen LogP contribution < -0.4 is 10.1 Å². The second-order valence-corrected chi connectivity index (χ2v) is 6.07. The molecule has 0 fully saturated rings. The summed E-state index contributed by atoms with van der Waals surface area (Å²) in [6.07, 6.45) is 0. The van der Waals surface area contributed by atoms with Gasteiger partial charge in [-0.05, 0) is 46.3 Å². The van der Waals surface area contributed by atoms with E-state index in [2.05, 4.69) is 21.2 Å². The first-order chi connectivity index (χ1) is 9.52. The van der Waals surface area contributed by atoms with Crippen molar-refractivity contribution in [1.82, 2.24) is 0 Å². The van der Waals surface area contributed by atoms with Crippen LogP contribution in [-0.2, 0) is 6.54 Å². The molecule has 6 heteroatoms. The van der Waals surface area contributed by atoms with E-state index in [0.29, 0.717) is 21.6 Å². The molecule has 2 aromatic carbocycles. The fraction of sp³-hybridized carbons (Fsp3) is 0.143. The summed E-state index contributed by atoms with van der Waals surface area (Å²) in [5.74, 6) is 0.773. The lowest BCUT2D eigenvalue weighted by Crippen LogP contribution is -2.01. The zero-order chi connectivity index (χ0) is 14.7. The van der Waals surface area contributed by atoms with Gasteiger partial charge < -0.3 is 10.1 Å². The maximum Gasteiger partial charge on any atom is 0.133 e. The third kappa shape index (κ3) is 3.53. The summed E-state index contributed by atoms with van der Waals surface area (Å²) in [5, 5.41) is 4.79. The van der Waals surface area contributed by atoms with Crippen LogP contribution >= 0.6 is 50.7 Å². The van der Waals surface area contributed by atoms with Crippen LogP contribution in [0.15, 0.2) is 34.8 Å². The Labute approximate surface area is 141 Å². The summed E-state index contributed by atoms with van der Waals surface area (Å²) in [4.78, 5) is 0. The van der Waals surface area contributed by atoms with Gasteiger partial charge in [0.15, 0.2) is 0 Å². The highest BCUT2D eigenvalue weighted by Gasteiger charge is 2.10. The van der Waals surface area contributed by atoms with Crippen LogP contribution in [0.4, 0.5) is 5.69 Å². The standard InChI is InChI=1S/C14H11BrCl3NO/c1-20-13-5-2-8(6-10(13)15)19-7-9-11(16)3-4-12(17)14(9)18/h2-6,19H,7H2,1H3. The Kier molecular flexibility index (Phi) is 5.44. The number of methoxy groups -OCH3 is 1. The van der Waals surface area contributed by atoms with E-state index in [1.165, 1.54) is 0 Å². The zero-order valence-electron chi connectivity index (χ0n) is 10.5. The average molecular weight is 396 g/mol. The predicted molar refractivity (Wildman–Crippen MR) is 89.5 cm³/mol. The summed E-state index contributed by atoms with van der Waals surface area (Å²) in [5.41, 5.74) is 1.69. The number of rotatable bonds is 4. The number of anilines is 1. The minimum absolute atomic E-state index is 0.472. The number of nitrogens with one attached hydrogen (secondary N) is 1. The molecule has 1 N–H and O–H groups in total. The Morgan fingerprint density at radius 2 is 1.80 bits per heavy atom. The van der Waals surface area contributed by atoms with E-state index in [-0.39, 0.29) is 0 Å². The van der Waals surface area contributed by atoms with E-state index in [4.69, 9.17) is 39.5 Å². The van der Waals surface area contributed by atoms with Crippen LogP contribution in [0.3, 0.4) is 0 Å². The third-order valence-electron chi connectivity index (χ3n) is 2.76. The predicted octanol–water partition coefficient (Wildman–Crippen LogP) is 6.03. The van der Waals surface area contributed by atoms with Crippen molar-refractivity contribution >= 4 is 56.4 Å². The molecule has 2 rings (SSSR count). The van der Waals surface area contributed by atoms with E-state index in [1.807, 2.05) is 18.2 Å². The van der Waals surface area contributed by atoms with Gasteiger partial charge in [0.05, 0.1) is 21.6 Å². The molecule has 106 valence electrons. The van der Waals surface area contributed by atoms with Crippen molar-refractivity contribution in [2.75, 3.05) is 12.4 Å². The second kappa shape index (κ2) is 6.90. The Morgan fingerprint density at radius 1 is 1.10 bits per heavy atom. The highest BCUT2D eigenvalue weighted by atomic mass is 79.9. The van der Waals surface area contributed by atoms with Crippen molar-refractivity contribution in [2.45, 2.75) is 6.54 Å². The molecule has 0 bridgehead atoms. The maximum atomic E-state index is 6.16. The van der Waals surface area contributed by atoms with Gasteiger partial charge in [0, 0.05) is 22.8 Å². The van der Waals surface area contributed by atoms with Gasteiger partial charge in [-0.15, -0.1) is 0 Å². The first-order valence-corrected chi connectivity index (χ1v) is 7.65. The van der Waals surface area contributed by atoms with Gasteiger partial charge in [-0.25, -0.2) is 0 Å². The fourth-order valence-electron chi connectivity index (χ4n) is 1.70. The van der Waals surface area contributed by atoms with Crippen molar-refractivity contribution < 1.29 is 4.74 Å². The zero-order valence-corrected chi connectivity index (χ0v) is 14.4. The summed E-state index contributed by atoms with van der Waals surface area (Å²) < 4.78 is 6.05. The number of hydrogen-bond acceptors (Lipinski definition) is 2. The lowest BCUT2D eigenvalue weighted by molar-refractivity contribution is 0.412. The minimum Gasteiger partial charge on any atom is -0.496 e. The topological polar surface area (TPSA) is 21.3 Å². The number of benzene rings is 2. The molecule has 2 nitrogen and oxygen atoms in total. The monoisotopic (exact) mass is 393 g/mol. The van der Waals surface area contributed by atoms with E-state index >= 15 is 0 Å². The molecule has 0 amide bonds. The summed E-state index contributed by atoms with van der Waals surface area (Å²) in [7, 11) is 1.62. The van der Waals surface area contributed by atoms with Crippen LogP contribution in [0, 0.1) is 0 Å². The Hall–Kier alpha value is -0.610. The van der Waals surface area contributed by atoms with Gasteiger partial charge >= 0.3 is 0 Å². The minimum atomic E-state index is 0.472. The fourth-order valence-corrected chi connectivity index (χ4v) is 2.92. The first-order valence-electron chi connectivity index (χ1n) is 5.72. The van der Waals surface area contributed by atoms with Gasteiger partial charge in [0.25, 0.3) is 0 Å². The number of halogens is 4. The van der Waals surface area contributed by atoms with Gasteiger partial charge in [-0.1, -0.05) is 34.8 Å².